The molecule has 1 aromatic heterocycles. The van der Waals surface area contributed by atoms with Gasteiger partial charge in [-0.25, -0.2) is 8.78 Å². The number of hydrogen-bond donors (Lipinski definition) is 1. The van der Waals surface area contributed by atoms with E-state index in [2.05, 4.69) is 15.0 Å². The number of carbonyl (C=O) groups is 1. The molecule has 3 aromatic rings. The van der Waals surface area contributed by atoms with Crippen LogP contribution in [-0.4, -0.2) is 23.3 Å². The molecule has 1 saturated heterocycles. The topological polar surface area (TPSA) is 54.5 Å². The number of anilines is 1. The van der Waals surface area contributed by atoms with Gasteiger partial charge in [0.1, 0.15) is 17.4 Å². The zero-order chi connectivity index (χ0) is 27.2. The fourth-order valence-electron chi connectivity index (χ4n) is 4.95. The van der Waals surface area contributed by atoms with E-state index in [1.54, 1.807) is 6.20 Å². The third kappa shape index (κ3) is 5.65. The van der Waals surface area contributed by atoms with Gasteiger partial charge in [-0.1, -0.05) is 6.07 Å². The molecule has 5 rings (SSSR count). The predicted octanol–water partition coefficient (Wildman–Crippen LogP) is 6.51. The molecule has 2 atom stereocenters. The molecule has 5 nitrogen and oxygen atoms in total. The number of halogens is 5. The highest BCUT2D eigenvalue weighted by Gasteiger charge is 2.44. The van der Waals surface area contributed by atoms with E-state index in [1.807, 2.05) is 26.0 Å². The Balaban J connectivity index is 1.44. The average Bonchev–Trinajstić information content (AvgIpc) is 3.63. The lowest BCUT2D eigenvalue weighted by atomic mass is 9.93. The van der Waals surface area contributed by atoms with Crippen molar-refractivity contribution in [2.75, 3.05) is 4.90 Å². The average molecular weight is 532 g/mol. The van der Waals surface area contributed by atoms with Gasteiger partial charge in [-0.15, -0.1) is 13.2 Å². The number of carbonyl (C=O) groups excluding carboxylic acids is 1. The number of alkyl halides is 3. The highest BCUT2D eigenvalue weighted by Crippen LogP contribution is 2.41. The molecule has 0 bridgehead atoms. The summed E-state index contributed by atoms with van der Waals surface area (Å²) in [5, 5.41) is 3.36. The van der Waals surface area contributed by atoms with E-state index >= 15 is 0 Å². The Morgan fingerprint density at radius 1 is 0.974 bits per heavy atom. The van der Waals surface area contributed by atoms with E-state index in [1.165, 1.54) is 17.0 Å². The van der Waals surface area contributed by atoms with Crippen LogP contribution >= 0.6 is 0 Å². The van der Waals surface area contributed by atoms with E-state index in [4.69, 9.17) is 0 Å². The van der Waals surface area contributed by atoms with Crippen LogP contribution in [0.2, 0.25) is 0 Å². The van der Waals surface area contributed by atoms with Gasteiger partial charge >= 0.3 is 6.36 Å². The van der Waals surface area contributed by atoms with Crippen molar-refractivity contribution in [2.45, 2.75) is 63.0 Å². The Morgan fingerprint density at radius 3 is 2.18 bits per heavy atom. The molecule has 10 heteroatoms. The summed E-state index contributed by atoms with van der Waals surface area (Å²) in [5.74, 6) is -1.90. The largest absolute Gasteiger partial charge is 0.573 e. The van der Waals surface area contributed by atoms with Crippen LogP contribution < -0.4 is 15.0 Å². The van der Waals surface area contributed by atoms with Crippen LogP contribution in [-0.2, 0) is 10.3 Å². The number of aromatic nitrogens is 1. The van der Waals surface area contributed by atoms with E-state index in [0.29, 0.717) is 5.92 Å². The molecule has 2 aliphatic rings. The Hall–Kier alpha value is -3.53. The maximum atomic E-state index is 14.1. The summed E-state index contributed by atoms with van der Waals surface area (Å²) in [5.41, 5.74) is 1.75. The standard InChI is InChI=1S/C28H26F5N3O2/c1-27(2,18-5-10-23(34-15-18)16-3-4-16)35-24-14-25(17-11-19(29)13-20(30)12-17)36(26(24)37)21-6-8-22(9-7-21)38-28(31,32)33/h5-13,15-16,24-25,35H,3-4,14H2,1-2H3. The van der Waals surface area contributed by atoms with Crippen molar-refractivity contribution in [1.29, 1.82) is 0 Å². The maximum absolute atomic E-state index is 14.1. The molecule has 2 fully saturated rings. The lowest BCUT2D eigenvalue weighted by Crippen LogP contribution is -2.47. The second-order valence-corrected chi connectivity index (χ2v) is 10.3. The lowest BCUT2D eigenvalue weighted by molar-refractivity contribution is -0.274. The second-order valence-electron chi connectivity index (χ2n) is 10.3. The summed E-state index contributed by atoms with van der Waals surface area (Å²) in [6.45, 7) is 3.83. The van der Waals surface area contributed by atoms with Gasteiger partial charge in [-0.2, -0.15) is 0 Å². The molecule has 2 unspecified atom stereocenters. The molecule has 200 valence electrons. The van der Waals surface area contributed by atoms with Crippen LogP contribution in [0.1, 0.15) is 61.9 Å². The van der Waals surface area contributed by atoms with Gasteiger partial charge in [0, 0.05) is 35.1 Å². The summed E-state index contributed by atoms with van der Waals surface area (Å²) < 4.78 is 70.0. The quantitative estimate of drug-likeness (QED) is 0.354. The van der Waals surface area contributed by atoms with Crippen molar-refractivity contribution in [1.82, 2.24) is 10.3 Å². The zero-order valence-corrected chi connectivity index (χ0v) is 20.7. The fourth-order valence-corrected chi connectivity index (χ4v) is 4.95. The summed E-state index contributed by atoms with van der Waals surface area (Å²) in [6.07, 6.45) is -0.632. The van der Waals surface area contributed by atoms with E-state index in [9.17, 15) is 26.7 Å². The SMILES string of the molecule is CC(C)(NC1CC(c2cc(F)cc(F)c2)N(c2ccc(OC(F)(F)F)cc2)C1=O)c1ccc(C2CC2)nc1. The second kappa shape index (κ2) is 9.65. The molecule has 1 N–H and O–H groups in total. The smallest absolute Gasteiger partial charge is 0.406 e. The Labute approximate surface area is 216 Å². The van der Waals surface area contributed by atoms with E-state index < -0.39 is 41.4 Å². The van der Waals surface area contributed by atoms with Crippen molar-refractivity contribution >= 4 is 11.6 Å². The number of ether oxygens (including phenoxy) is 1. The van der Waals surface area contributed by atoms with E-state index in [-0.39, 0.29) is 23.6 Å². The summed E-state index contributed by atoms with van der Waals surface area (Å²) in [4.78, 5) is 19.6. The number of hydrogen-bond acceptors (Lipinski definition) is 4. The van der Waals surface area contributed by atoms with Crippen molar-refractivity contribution < 1.29 is 31.5 Å². The van der Waals surface area contributed by atoms with Crippen LogP contribution in [0.4, 0.5) is 27.6 Å². The van der Waals surface area contributed by atoms with Crippen molar-refractivity contribution in [3.8, 4) is 5.75 Å². The number of benzene rings is 2. The molecule has 0 spiro atoms. The Morgan fingerprint density at radius 2 is 1.63 bits per heavy atom. The first-order valence-corrected chi connectivity index (χ1v) is 12.3. The molecular weight excluding hydrogens is 505 g/mol. The third-order valence-electron chi connectivity index (χ3n) is 6.96. The predicted molar refractivity (Wildman–Crippen MR) is 130 cm³/mol. The Kier molecular flexibility index (Phi) is 6.63. The molecule has 38 heavy (non-hydrogen) atoms. The third-order valence-corrected chi connectivity index (χ3v) is 6.96. The molecule has 2 aromatic carbocycles. The van der Waals surface area contributed by atoms with Crippen molar-refractivity contribution in [2.24, 2.45) is 0 Å². The molecule has 2 heterocycles. The fraction of sp³-hybridized carbons (Fsp3) is 0.357. The number of nitrogens with zero attached hydrogens (tertiary/aromatic N) is 2. The first-order chi connectivity index (χ1) is 17.9. The Bertz CT molecular complexity index is 1300. The minimum Gasteiger partial charge on any atom is -0.406 e. The minimum atomic E-state index is -4.86. The van der Waals surface area contributed by atoms with Gasteiger partial charge < -0.3 is 9.64 Å². The van der Waals surface area contributed by atoms with Crippen molar-refractivity contribution in [3.05, 3.63) is 89.2 Å². The lowest BCUT2D eigenvalue weighted by Gasteiger charge is -2.30. The van der Waals surface area contributed by atoms with Gasteiger partial charge in [-0.3, -0.25) is 15.1 Å². The number of rotatable bonds is 7. The van der Waals surface area contributed by atoms with Crippen LogP contribution in [0.15, 0.2) is 60.8 Å². The summed E-state index contributed by atoms with van der Waals surface area (Å²) in [6, 6.07) is 10.3. The zero-order valence-electron chi connectivity index (χ0n) is 20.7. The first-order valence-electron chi connectivity index (χ1n) is 12.3. The summed E-state index contributed by atoms with van der Waals surface area (Å²) in [7, 11) is 0. The van der Waals surface area contributed by atoms with Crippen LogP contribution in [0.25, 0.3) is 0 Å². The highest BCUT2D eigenvalue weighted by atomic mass is 19.4. The van der Waals surface area contributed by atoms with Crippen molar-refractivity contribution in [3.63, 3.8) is 0 Å². The molecule has 1 aliphatic carbocycles. The monoisotopic (exact) mass is 531 g/mol. The molecule has 0 radical (unpaired) electrons. The van der Waals surface area contributed by atoms with Gasteiger partial charge in [0.05, 0.1) is 12.1 Å². The molecule has 1 aliphatic heterocycles. The van der Waals surface area contributed by atoms with Gasteiger partial charge in [0.2, 0.25) is 5.91 Å². The molecule has 1 amide bonds. The van der Waals surface area contributed by atoms with Gasteiger partial charge in [0.15, 0.2) is 0 Å². The van der Waals surface area contributed by atoms with Crippen LogP contribution in [0.5, 0.6) is 5.75 Å². The summed E-state index contributed by atoms with van der Waals surface area (Å²) >= 11 is 0. The number of pyridine rings is 1. The highest BCUT2D eigenvalue weighted by molar-refractivity contribution is 6.00. The molecule has 1 saturated carbocycles. The van der Waals surface area contributed by atoms with Gasteiger partial charge in [0.25, 0.3) is 0 Å². The molecular formula is C28H26F5N3O2. The first kappa shape index (κ1) is 26.1. The number of nitrogens with one attached hydrogen (secondary N) is 1. The van der Waals surface area contributed by atoms with E-state index in [0.717, 1.165) is 54.4 Å². The number of amides is 1. The van der Waals surface area contributed by atoms with Crippen LogP contribution in [0, 0.1) is 11.6 Å². The van der Waals surface area contributed by atoms with Crippen LogP contribution in [0.3, 0.4) is 0 Å². The normalized spacial score (nSPS) is 20.2. The maximum Gasteiger partial charge on any atom is 0.573 e. The van der Waals surface area contributed by atoms with Gasteiger partial charge in [-0.05, 0) is 86.7 Å². The minimum absolute atomic E-state index is 0.180.